The van der Waals surface area contributed by atoms with Crippen molar-refractivity contribution in [2.75, 3.05) is 31.1 Å². The van der Waals surface area contributed by atoms with Crippen molar-refractivity contribution < 1.29 is 22.8 Å². The van der Waals surface area contributed by atoms with Crippen LogP contribution >= 0.6 is 0 Å². The average Bonchev–Trinajstić information content (AvgIpc) is 3.07. The van der Waals surface area contributed by atoms with E-state index in [-0.39, 0.29) is 42.6 Å². The Kier molecular flexibility index (Phi) is 6.41. The van der Waals surface area contributed by atoms with Gasteiger partial charge in [-0.25, -0.2) is 18.2 Å². The maximum Gasteiger partial charge on any atom is 0.242 e. The quantitative estimate of drug-likeness (QED) is 0.755. The Bertz CT molecular complexity index is 1030. The van der Waals surface area contributed by atoms with E-state index in [1.165, 1.54) is 0 Å². The third-order valence-corrected chi connectivity index (χ3v) is 6.36. The first kappa shape index (κ1) is 22.6. The topological polar surface area (TPSA) is 84.5 Å². The van der Waals surface area contributed by atoms with E-state index in [2.05, 4.69) is 4.98 Å². The maximum atomic E-state index is 14.0. The first-order chi connectivity index (χ1) is 15.2. The molecule has 0 spiro atoms. The molecular weight excluding hydrogens is 423 g/mol. The molecule has 0 radical (unpaired) electrons. The SMILES string of the molecule is CC(=O)CC1CCCN(C(=O)Cn2c(N3CC[C@@H](F)[C@H](N)C3)nc3cc(F)c(F)cc32)C1. The molecule has 2 fully saturated rings. The second-order valence-corrected chi connectivity index (χ2v) is 8.92. The molecule has 1 amide bonds. The molecule has 1 unspecified atom stereocenters. The highest BCUT2D eigenvalue weighted by atomic mass is 19.2. The van der Waals surface area contributed by atoms with Gasteiger partial charge < -0.3 is 24.9 Å². The van der Waals surface area contributed by atoms with E-state index in [4.69, 9.17) is 5.73 Å². The smallest absolute Gasteiger partial charge is 0.242 e. The van der Waals surface area contributed by atoms with Gasteiger partial charge in [0.05, 0.1) is 17.1 Å². The van der Waals surface area contributed by atoms with Crippen LogP contribution in [0.1, 0.15) is 32.6 Å². The summed E-state index contributed by atoms with van der Waals surface area (Å²) in [6.45, 7) is 3.02. The van der Waals surface area contributed by atoms with Crippen molar-refractivity contribution in [1.82, 2.24) is 14.5 Å². The Balaban J connectivity index is 1.63. The lowest BCUT2D eigenvalue weighted by Gasteiger charge is -2.35. The molecule has 2 aliphatic heterocycles. The van der Waals surface area contributed by atoms with E-state index in [9.17, 15) is 22.8 Å². The number of alkyl halides is 1. The van der Waals surface area contributed by atoms with Crippen LogP contribution in [-0.2, 0) is 16.1 Å². The third kappa shape index (κ3) is 4.60. The van der Waals surface area contributed by atoms with Gasteiger partial charge in [-0.3, -0.25) is 4.79 Å². The summed E-state index contributed by atoms with van der Waals surface area (Å²) in [7, 11) is 0. The lowest BCUT2D eigenvalue weighted by atomic mass is 9.93. The molecule has 0 bridgehead atoms. The molecule has 32 heavy (non-hydrogen) atoms. The Morgan fingerprint density at radius 1 is 1.16 bits per heavy atom. The molecule has 2 aromatic rings. The van der Waals surface area contributed by atoms with Gasteiger partial charge in [0.15, 0.2) is 11.6 Å². The molecule has 0 saturated carbocycles. The zero-order chi connectivity index (χ0) is 23.0. The number of likely N-dealkylation sites (tertiary alicyclic amines) is 1. The Hall–Kier alpha value is -2.62. The number of carbonyl (C=O) groups excluding carboxylic acids is 2. The van der Waals surface area contributed by atoms with Crippen molar-refractivity contribution in [3.8, 4) is 0 Å². The molecule has 174 valence electrons. The van der Waals surface area contributed by atoms with Gasteiger partial charge in [0.1, 0.15) is 18.5 Å². The number of anilines is 1. The number of nitrogens with two attached hydrogens (primary N) is 1. The highest BCUT2D eigenvalue weighted by Crippen LogP contribution is 2.28. The van der Waals surface area contributed by atoms with E-state index in [1.807, 2.05) is 0 Å². The van der Waals surface area contributed by atoms with E-state index in [1.54, 1.807) is 21.3 Å². The number of aromatic nitrogens is 2. The fraction of sp³-hybridized carbons (Fsp3) is 0.591. The van der Waals surface area contributed by atoms with Crippen LogP contribution in [0.2, 0.25) is 0 Å². The number of piperidine rings is 2. The van der Waals surface area contributed by atoms with Gasteiger partial charge >= 0.3 is 0 Å². The predicted molar refractivity (Wildman–Crippen MR) is 114 cm³/mol. The minimum Gasteiger partial charge on any atom is -0.341 e. The Labute approximate surface area is 184 Å². The molecule has 10 heteroatoms. The number of hydrogen-bond acceptors (Lipinski definition) is 5. The lowest BCUT2D eigenvalue weighted by molar-refractivity contribution is -0.134. The van der Waals surface area contributed by atoms with Gasteiger partial charge in [-0.1, -0.05) is 0 Å². The first-order valence-electron chi connectivity index (χ1n) is 11.0. The molecule has 3 heterocycles. The van der Waals surface area contributed by atoms with Gasteiger partial charge in [0.2, 0.25) is 11.9 Å². The molecule has 4 rings (SSSR count). The molecule has 1 aromatic carbocycles. The van der Waals surface area contributed by atoms with E-state index < -0.39 is 23.8 Å². The molecule has 7 nitrogen and oxygen atoms in total. The highest BCUT2D eigenvalue weighted by Gasteiger charge is 2.31. The second-order valence-electron chi connectivity index (χ2n) is 8.92. The summed E-state index contributed by atoms with van der Waals surface area (Å²) in [5, 5.41) is 0. The summed E-state index contributed by atoms with van der Waals surface area (Å²) in [6.07, 6.45) is 1.21. The first-order valence-corrected chi connectivity index (χ1v) is 11.0. The van der Waals surface area contributed by atoms with Crippen molar-refractivity contribution in [3.05, 3.63) is 23.8 Å². The van der Waals surface area contributed by atoms with Crippen molar-refractivity contribution in [1.29, 1.82) is 0 Å². The van der Waals surface area contributed by atoms with Gasteiger partial charge in [0.25, 0.3) is 0 Å². The summed E-state index contributed by atoms with van der Waals surface area (Å²) >= 11 is 0. The lowest BCUT2D eigenvalue weighted by Crippen LogP contribution is -2.50. The monoisotopic (exact) mass is 451 g/mol. The summed E-state index contributed by atoms with van der Waals surface area (Å²) in [4.78, 5) is 32.6. The van der Waals surface area contributed by atoms with Crippen molar-refractivity contribution >= 4 is 28.7 Å². The van der Waals surface area contributed by atoms with Crippen molar-refractivity contribution in [2.24, 2.45) is 11.7 Å². The zero-order valence-electron chi connectivity index (χ0n) is 18.1. The second kappa shape index (κ2) is 9.09. The molecule has 1 aromatic heterocycles. The third-order valence-electron chi connectivity index (χ3n) is 6.36. The van der Waals surface area contributed by atoms with Crippen LogP contribution in [0, 0.1) is 17.6 Å². The largest absolute Gasteiger partial charge is 0.341 e. The number of fused-ring (bicyclic) bond motifs is 1. The van der Waals surface area contributed by atoms with Crippen LogP contribution in [-0.4, -0.2) is 64.5 Å². The molecular formula is C22H28F3N5O2. The van der Waals surface area contributed by atoms with Gasteiger partial charge in [-0.05, 0) is 32.1 Å². The van der Waals surface area contributed by atoms with Crippen LogP contribution < -0.4 is 10.6 Å². The molecule has 0 aliphatic carbocycles. The highest BCUT2D eigenvalue weighted by molar-refractivity contribution is 5.84. The summed E-state index contributed by atoms with van der Waals surface area (Å²) < 4.78 is 43.3. The summed E-state index contributed by atoms with van der Waals surface area (Å²) in [5.74, 6) is -1.68. The van der Waals surface area contributed by atoms with Crippen LogP contribution in [0.3, 0.4) is 0 Å². The predicted octanol–water partition coefficient (Wildman–Crippen LogP) is 2.41. The van der Waals surface area contributed by atoms with Crippen LogP contribution in [0.5, 0.6) is 0 Å². The number of amides is 1. The van der Waals surface area contributed by atoms with Crippen LogP contribution in [0.25, 0.3) is 11.0 Å². The standard InChI is InChI=1S/C22H28F3N5O2/c1-13(31)7-14-3-2-5-28(10-14)21(32)12-30-20-9-17(25)16(24)8-19(20)27-22(30)29-6-4-15(23)18(26)11-29/h8-9,14-15,18H,2-7,10-12,26H2,1H3/t14?,15-,18-/m1/s1. The van der Waals surface area contributed by atoms with Crippen LogP contribution in [0.4, 0.5) is 19.1 Å². The number of halogens is 3. The average molecular weight is 451 g/mol. The van der Waals surface area contributed by atoms with Gasteiger partial charge in [-0.15, -0.1) is 0 Å². The molecule has 2 saturated heterocycles. The number of imidazole rings is 1. The fourth-order valence-electron chi connectivity index (χ4n) is 4.74. The number of rotatable bonds is 5. The number of nitrogens with zero attached hydrogens (tertiary/aromatic N) is 4. The van der Waals surface area contributed by atoms with Gasteiger partial charge in [-0.2, -0.15) is 0 Å². The number of hydrogen-bond donors (Lipinski definition) is 1. The minimum atomic E-state index is -1.13. The summed E-state index contributed by atoms with van der Waals surface area (Å²) in [6, 6.07) is 1.32. The van der Waals surface area contributed by atoms with E-state index >= 15 is 0 Å². The van der Waals surface area contributed by atoms with Crippen molar-refractivity contribution in [2.45, 2.75) is 51.4 Å². The van der Waals surface area contributed by atoms with E-state index in [0.717, 1.165) is 25.0 Å². The van der Waals surface area contributed by atoms with Crippen molar-refractivity contribution in [3.63, 3.8) is 0 Å². The maximum absolute atomic E-state index is 14.0. The molecule has 3 atom stereocenters. The van der Waals surface area contributed by atoms with Gasteiger partial charge in [0, 0.05) is 44.7 Å². The van der Waals surface area contributed by atoms with E-state index in [0.29, 0.717) is 37.5 Å². The minimum absolute atomic E-state index is 0.0947. The number of carbonyl (C=O) groups is 2. The van der Waals surface area contributed by atoms with Crippen LogP contribution in [0.15, 0.2) is 12.1 Å². The fourth-order valence-corrected chi connectivity index (χ4v) is 4.74. The Morgan fingerprint density at radius 3 is 2.62 bits per heavy atom. The zero-order valence-corrected chi connectivity index (χ0v) is 18.1. The summed E-state index contributed by atoms with van der Waals surface area (Å²) in [5.41, 5.74) is 6.41. The Morgan fingerprint density at radius 2 is 1.91 bits per heavy atom. The normalized spacial score (nSPS) is 24.2. The number of benzene rings is 1. The number of Topliss-reactive ketones (excluding diaryl/α,β-unsaturated/α-hetero) is 1. The number of ketones is 1. The molecule has 2 aliphatic rings. The molecule has 2 N–H and O–H groups in total.